The lowest BCUT2D eigenvalue weighted by molar-refractivity contribution is 0.0692. The molecule has 0 aromatic heterocycles. The Morgan fingerprint density at radius 2 is 2.20 bits per heavy atom. The molecule has 106 valence electrons. The SMILES string of the molecule is CC(CC#N)N(C)C(=O)Nc1ccc(C(=O)O)c(F)c1. The molecule has 0 saturated heterocycles. The van der Waals surface area contributed by atoms with Crippen molar-refractivity contribution in [3.05, 3.63) is 29.6 Å². The van der Waals surface area contributed by atoms with Crippen LogP contribution in [0.4, 0.5) is 14.9 Å². The minimum Gasteiger partial charge on any atom is -0.478 e. The second-order valence-electron chi connectivity index (χ2n) is 4.25. The zero-order valence-corrected chi connectivity index (χ0v) is 11.1. The van der Waals surface area contributed by atoms with Gasteiger partial charge in [0.2, 0.25) is 0 Å². The first-order chi connectivity index (χ1) is 9.36. The van der Waals surface area contributed by atoms with E-state index >= 15 is 0 Å². The maximum Gasteiger partial charge on any atom is 0.338 e. The molecule has 6 nitrogen and oxygen atoms in total. The third-order valence-electron chi connectivity index (χ3n) is 2.82. The molecule has 0 aliphatic rings. The first-order valence-corrected chi connectivity index (χ1v) is 5.80. The number of hydrogen-bond donors (Lipinski definition) is 2. The first kappa shape index (κ1) is 15.4. The number of anilines is 1. The van der Waals surface area contributed by atoms with Crippen molar-refractivity contribution < 1.29 is 19.1 Å². The molecule has 20 heavy (non-hydrogen) atoms. The van der Waals surface area contributed by atoms with Crippen LogP contribution in [0.1, 0.15) is 23.7 Å². The van der Waals surface area contributed by atoms with Gasteiger partial charge in [-0.25, -0.2) is 14.0 Å². The molecule has 1 aromatic rings. The summed E-state index contributed by atoms with van der Waals surface area (Å²) in [4.78, 5) is 23.8. The molecule has 0 aliphatic carbocycles. The highest BCUT2D eigenvalue weighted by molar-refractivity contribution is 5.91. The molecule has 1 rings (SSSR count). The van der Waals surface area contributed by atoms with Crippen molar-refractivity contribution in [1.29, 1.82) is 5.26 Å². The Kier molecular flexibility index (Phi) is 5.03. The minimum absolute atomic E-state index is 0.147. The van der Waals surface area contributed by atoms with E-state index in [1.165, 1.54) is 18.0 Å². The number of amides is 2. The van der Waals surface area contributed by atoms with Crippen molar-refractivity contribution in [3.63, 3.8) is 0 Å². The predicted molar refractivity (Wildman–Crippen MR) is 69.8 cm³/mol. The normalized spacial score (nSPS) is 11.3. The predicted octanol–water partition coefficient (Wildman–Crippen LogP) is 2.29. The van der Waals surface area contributed by atoms with Crippen molar-refractivity contribution in [2.45, 2.75) is 19.4 Å². The van der Waals surface area contributed by atoms with E-state index in [4.69, 9.17) is 10.4 Å². The number of carboxylic acids is 1. The van der Waals surface area contributed by atoms with Gasteiger partial charge in [0.25, 0.3) is 0 Å². The lowest BCUT2D eigenvalue weighted by Crippen LogP contribution is -2.38. The van der Waals surface area contributed by atoms with Gasteiger partial charge in [-0.1, -0.05) is 0 Å². The number of nitrogens with zero attached hydrogens (tertiary/aromatic N) is 2. The van der Waals surface area contributed by atoms with Crippen LogP contribution < -0.4 is 5.32 Å². The number of rotatable bonds is 4. The molecule has 0 spiro atoms. The number of urea groups is 1. The van der Waals surface area contributed by atoms with Crippen LogP contribution in [0.2, 0.25) is 0 Å². The molecule has 2 amide bonds. The van der Waals surface area contributed by atoms with Crippen molar-refractivity contribution >= 4 is 17.7 Å². The van der Waals surface area contributed by atoms with Crippen molar-refractivity contribution in [3.8, 4) is 6.07 Å². The maximum atomic E-state index is 13.4. The van der Waals surface area contributed by atoms with E-state index in [1.54, 1.807) is 6.92 Å². The number of halogens is 1. The number of aromatic carboxylic acids is 1. The Labute approximate surface area is 115 Å². The van der Waals surface area contributed by atoms with Gasteiger partial charge in [0.15, 0.2) is 0 Å². The molecule has 0 aliphatic heterocycles. The lowest BCUT2D eigenvalue weighted by Gasteiger charge is -2.23. The fraction of sp³-hybridized carbons (Fsp3) is 0.308. The van der Waals surface area contributed by atoms with E-state index < -0.39 is 23.4 Å². The highest BCUT2D eigenvalue weighted by Crippen LogP contribution is 2.15. The van der Waals surface area contributed by atoms with Crippen molar-refractivity contribution in [2.24, 2.45) is 0 Å². The third kappa shape index (κ3) is 3.68. The quantitative estimate of drug-likeness (QED) is 0.884. The standard InChI is InChI=1S/C13H14FN3O3/c1-8(5-6-15)17(2)13(20)16-9-3-4-10(12(18)19)11(14)7-9/h3-4,7-8H,5H2,1-2H3,(H,16,20)(H,18,19). The highest BCUT2D eigenvalue weighted by atomic mass is 19.1. The summed E-state index contributed by atoms with van der Waals surface area (Å²) in [5.74, 6) is -2.30. The van der Waals surface area contributed by atoms with E-state index in [2.05, 4.69) is 5.32 Å². The number of hydrogen-bond acceptors (Lipinski definition) is 3. The maximum absolute atomic E-state index is 13.4. The van der Waals surface area contributed by atoms with Gasteiger partial charge in [0.05, 0.1) is 18.1 Å². The second kappa shape index (κ2) is 6.52. The van der Waals surface area contributed by atoms with Crippen LogP contribution in [-0.4, -0.2) is 35.1 Å². The summed E-state index contributed by atoms with van der Waals surface area (Å²) in [6, 6.07) is 4.46. The Bertz CT molecular complexity index is 568. The summed E-state index contributed by atoms with van der Waals surface area (Å²) in [5.41, 5.74) is -0.317. The second-order valence-corrected chi connectivity index (χ2v) is 4.25. The lowest BCUT2D eigenvalue weighted by atomic mass is 10.2. The number of carboxylic acid groups (broad SMARTS) is 1. The van der Waals surface area contributed by atoms with Gasteiger partial charge in [-0.15, -0.1) is 0 Å². The van der Waals surface area contributed by atoms with Crippen LogP contribution >= 0.6 is 0 Å². The summed E-state index contributed by atoms with van der Waals surface area (Å²) in [6.45, 7) is 1.71. The van der Waals surface area contributed by atoms with E-state index in [9.17, 15) is 14.0 Å². The zero-order chi connectivity index (χ0) is 15.3. The highest BCUT2D eigenvalue weighted by Gasteiger charge is 2.16. The van der Waals surface area contributed by atoms with Gasteiger partial charge in [0.1, 0.15) is 5.82 Å². The van der Waals surface area contributed by atoms with Crippen LogP contribution in [0.15, 0.2) is 18.2 Å². The molecule has 1 unspecified atom stereocenters. The summed E-state index contributed by atoms with van der Waals surface area (Å²) in [6.07, 6.45) is 0.177. The molecule has 0 heterocycles. The van der Waals surface area contributed by atoms with Gasteiger partial charge in [-0.05, 0) is 25.1 Å². The van der Waals surface area contributed by atoms with Gasteiger partial charge in [-0.2, -0.15) is 5.26 Å². The van der Waals surface area contributed by atoms with Crippen molar-refractivity contribution in [2.75, 3.05) is 12.4 Å². The monoisotopic (exact) mass is 279 g/mol. The molecule has 0 radical (unpaired) electrons. The number of carbonyl (C=O) groups excluding carboxylic acids is 1. The Morgan fingerprint density at radius 3 is 2.70 bits per heavy atom. The van der Waals surface area contributed by atoms with Gasteiger partial charge >= 0.3 is 12.0 Å². The fourth-order valence-corrected chi connectivity index (χ4v) is 1.45. The van der Waals surface area contributed by atoms with Crippen LogP contribution in [0.25, 0.3) is 0 Å². The molecule has 0 fully saturated rings. The number of benzene rings is 1. The summed E-state index contributed by atoms with van der Waals surface area (Å²) in [5, 5.41) is 19.7. The van der Waals surface area contributed by atoms with Gasteiger partial charge in [0, 0.05) is 18.8 Å². The topological polar surface area (TPSA) is 93.4 Å². The molecular weight excluding hydrogens is 265 g/mol. The summed E-state index contributed by atoms with van der Waals surface area (Å²) >= 11 is 0. The van der Waals surface area contributed by atoms with E-state index in [0.717, 1.165) is 12.1 Å². The van der Waals surface area contributed by atoms with Crippen LogP contribution in [0, 0.1) is 17.1 Å². The molecule has 0 bridgehead atoms. The van der Waals surface area contributed by atoms with E-state index in [-0.39, 0.29) is 18.2 Å². The molecule has 1 aromatic carbocycles. The molecule has 0 saturated carbocycles. The average molecular weight is 279 g/mol. The molecular formula is C13H14FN3O3. The number of nitriles is 1. The van der Waals surface area contributed by atoms with Crippen LogP contribution in [0.5, 0.6) is 0 Å². The van der Waals surface area contributed by atoms with Crippen molar-refractivity contribution in [1.82, 2.24) is 4.90 Å². The van der Waals surface area contributed by atoms with Crippen LogP contribution in [0.3, 0.4) is 0 Å². The Hall–Kier alpha value is -2.62. The van der Waals surface area contributed by atoms with Gasteiger partial charge < -0.3 is 15.3 Å². The summed E-state index contributed by atoms with van der Waals surface area (Å²) < 4.78 is 13.4. The molecule has 2 N–H and O–H groups in total. The zero-order valence-electron chi connectivity index (χ0n) is 11.1. The third-order valence-corrected chi connectivity index (χ3v) is 2.82. The largest absolute Gasteiger partial charge is 0.478 e. The molecule has 7 heteroatoms. The van der Waals surface area contributed by atoms with Crippen LogP contribution in [-0.2, 0) is 0 Å². The number of nitrogens with one attached hydrogen (secondary N) is 1. The smallest absolute Gasteiger partial charge is 0.338 e. The van der Waals surface area contributed by atoms with Gasteiger partial charge in [-0.3, -0.25) is 0 Å². The Balaban J connectivity index is 2.79. The number of carbonyl (C=O) groups is 2. The van der Waals surface area contributed by atoms with E-state index in [0.29, 0.717) is 0 Å². The van der Waals surface area contributed by atoms with E-state index in [1.807, 2.05) is 6.07 Å². The first-order valence-electron chi connectivity index (χ1n) is 5.80. The average Bonchev–Trinajstić information content (AvgIpc) is 2.37. The Morgan fingerprint density at radius 1 is 1.55 bits per heavy atom. The fourth-order valence-electron chi connectivity index (χ4n) is 1.45. The summed E-state index contributed by atoms with van der Waals surface area (Å²) in [7, 11) is 1.51. The molecule has 1 atom stereocenters. The minimum atomic E-state index is -1.37.